The number of carbonyl (C=O) groups excluding carboxylic acids is 1. The van der Waals surface area contributed by atoms with Crippen molar-refractivity contribution in [2.75, 3.05) is 11.9 Å². The normalized spacial score (nSPS) is 17.4. The summed E-state index contributed by atoms with van der Waals surface area (Å²) in [6.07, 6.45) is 2.07. The predicted octanol–water partition coefficient (Wildman–Crippen LogP) is 2.07. The molecule has 1 saturated carbocycles. The molecule has 2 N–H and O–H groups in total. The number of benzene rings is 1. The summed E-state index contributed by atoms with van der Waals surface area (Å²) < 4.78 is 26.0. The molecule has 0 aromatic heterocycles. The number of nitrogens with one attached hydrogen (secondary N) is 1. The number of hydrogen-bond acceptors (Lipinski definition) is 2. The third kappa shape index (κ3) is 2.15. The van der Waals surface area contributed by atoms with Gasteiger partial charge in [0.05, 0.1) is 17.7 Å². The lowest BCUT2D eigenvalue weighted by molar-refractivity contribution is -0.133. The van der Waals surface area contributed by atoms with Gasteiger partial charge in [0.25, 0.3) is 0 Å². The van der Waals surface area contributed by atoms with E-state index in [1.165, 1.54) is 6.07 Å². The van der Waals surface area contributed by atoms with Crippen LogP contribution < -0.4 is 5.32 Å². The minimum absolute atomic E-state index is 0.0591. The lowest BCUT2D eigenvalue weighted by atomic mass is 9.68. The Balaban J connectivity index is 2.13. The number of aliphatic hydroxyl groups is 1. The van der Waals surface area contributed by atoms with Crippen LogP contribution in [0.3, 0.4) is 0 Å². The molecule has 1 aliphatic rings. The largest absolute Gasteiger partial charge is 0.395 e. The van der Waals surface area contributed by atoms with E-state index in [0.29, 0.717) is 18.9 Å². The first-order valence-electron chi connectivity index (χ1n) is 5.45. The van der Waals surface area contributed by atoms with Gasteiger partial charge in [0.1, 0.15) is 11.6 Å². The molecule has 0 bridgehead atoms. The molecular weight excluding hydrogens is 228 g/mol. The molecule has 1 aromatic rings. The minimum atomic E-state index is -0.814. The van der Waals surface area contributed by atoms with Crippen LogP contribution >= 0.6 is 0 Å². The zero-order chi connectivity index (χ0) is 12.5. The molecule has 0 aliphatic heterocycles. The van der Waals surface area contributed by atoms with Gasteiger partial charge in [-0.3, -0.25) is 4.79 Å². The van der Waals surface area contributed by atoms with E-state index >= 15 is 0 Å². The van der Waals surface area contributed by atoms with E-state index in [-0.39, 0.29) is 12.3 Å². The van der Waals surface area contributed by atoms with Crippen LogP contribution in [0, 0.1) is 17.0 Å². The Morgan fingerprint density at radius 3 is 2.59 bits per heavy atom. The van der Waals surface area contributed by atoms with Gasteiger partial charge >= 0.3 is 0 Å². The van der Waals surface area contributed by atoms with E-state index in [1.54, 1.807) is 0 Å². The molecule has 17 heavy (non-hydrogen) atoms. The Morgan fingerprint density at radius 1 is 1.41 bits per heavy atom. The van der Waals surface area contributed by atoms with Crippen molar-refractivity contribution >= 4 is 11.6 Å². The lowest BCUT2D eigenvalue weighted by Gasteiger charge is -2.38. The smallest absolute Gasteiger partial charge is 0.232 e. The molecule has 0 atom stereocenters. The van der Waals surface area contributed by atoms with Crippen LogP contribution in [0.4, 0.5) is 14.5 Å². The van der Waals surface area contributed by atoms with Gasteiger partial charge in [-0.2, -0.15) is 0 Å². The summed E-state index contributed by atoms with van der Waals surface area (Å²) in [6, 6.07) is 2.96. The molecule has 3 nitrogen and oxygen atoms in total. The lowest BCUT2D eigenvalue weighted by Crippen LogP contribution is -2.45. The van der Waals surface area contributed by atoms with Gasteiger partial charge in [0, 0.05) is 6.07 Å². The molecule has 1 aliphatic carbocycles. The first-order valence-corrected chi connectivity index (χ1v) is 5.45. The average molecular weight is 241 g/mol. The molecular formula is C12H13F2NO2. The van der Waals surface area contributed by atoms with E-state index in [1.807, 2.05) is 0 Å². The minimum Gasteiger partial charge on any atom is -0.395 e. The Labute approximate surface area is 97.5 Å². The van der Waals surface area contributed by atoms with Crippen LogP contribution in [0.1, 0.15) is 19.3 Å². The Morgan fingerprint density at radius 2 is 2.12 bits per heavy atom. The van der Waals surface area contributed by atoms with Crippen molar-refractivity contribution in [2.24, 2.45) is 5.41 Å². The zero-order valence-corrected chi connectivity index (χ0v) is 9.17. The van der Waals surface area contributed by atoms with Crippen molar-refractivity contribution in [1.29, 1.82) is 0 Å². The van der Waals surface area contributed by atoms with Crippen molar-refractivity contribution in [3.05, 3.63) is 29.8 Å². The highest BCUT2D eigenvalue weighted by Crippen LogP contribution is 2.41. The summed E-state index contributed by atoms with van der Waals surface area (Å²) >= 11 is 0. The van der Waals surface area contributed by atoms with E-state index < -0.39 is 23.0 Å². The molecule has 2 rings (SSSR count). The quantitative estimate of drug-likeness (QED) is 0.851. The summed E-state index contributed by atoms with van der Waals surface area (Å²) in [7, 11) is 0. The summed E-state index contributed by atoms with van der Waals surface area (Å²) in [6.45, 7) is -0.248. The molecule has 0 saturated heterocycles. The molecule has 0 unspecified atom stereocenters. The number of amides is 1. The summed E-state index contributed by atoms with van der Waals surface area (Å²) in [5.74, 6) is -1.91. The van der Waals surface area contributed by atoms with Crippen LogP contribution in [0.15, 0.2) is 18.2 Å². The fourth-order valence-electron chi connectivity index (χ4n) is 1.91. The molecule has 0 radical (unpaired) electrons. The third-order valence-corrected chi connectivity index (χ3v) is 3.27. The van der Waals surface area contributed by atoms with Crippen LogP contribution in [-0.2, 0) is 4.79 Å². The van der Waals surface area contributed by atoms with Gasteiger partial charge in [0.2, 0.25) is 5.91 Å². The second-order valence-corrected chi connectivity index (χ2v) is 4.37. The first-order chi connectivity index (χ1) is 8.07. The van der Waals surface area contributed by atoms with E-state index in [2.05, 4.69) is 5.32 Å². The third-order valence-electron chi connectivity index (χ3n) is 3.27. The SMILES string of the molecule is O=C(Nc1ccc(F)cc1F)C1(CO)CCC1. The van der Waals surface area contributed by atoms with Crippen molar-refractivity contribution in [3.8, 4) is 0 Å². The summed E-state index contributed by atoms with van der Waals surface area (Å²) in [5.41, 5.74) is -0.850. The maximum atomic E-state index is 13.3. The summed E-state index contributed by atoms with van der Waals surface area (Å²) in [4.78, 5) is 11.9. The van der Waals surface area contributed by atoms with Crippen molar-refractivity contribution < 1.29 is 18.7 Å². The molecule has 1 amide bonds. The fourth-order valence-corrected chi connectivity index (χ4v) is 1.91. The van der Waals surface area contributed by atoms with Crippen molar-refractivity contribution in [1.82, 2.24) is 0 Å². The second kappa shape index (κ2) is 4.41. The Kier molecular flexibility index (Phi) is 3.11. The maximum Gasteiger partial charge on any atom is 0.232 e. The van der Waals surface area contributed by atoms with Gasteiger partial charge in [-0.05, 0) is 25.0 Å². The van der Waals surface area contributed by atoms with E-state index in [4.69, 9.17) is 0 Å². The van der Waals surface area contributed by atoms with Gasteiger partial charge in [0.15, 0.2) is 0 Å². The second-order valence-electron chi connectivity index (χ2n) is 4.37. The van der Waals surface area contributed by atoms with Crippen LogP contribution in [-0.4, -0.2) is 17.6 Å². The number of anilines is 1. The Hall–Kier alpha value is -1.49. The standard InChI is InChI=1S/C12H13F2NO2/c13-8-2-3-10(9(14)6-8)15-11(17)12(7-16)4-1-5-12/h2-3,6,16H,1,4-5,7H2,(H,15,17). The van der Waals surface area contributed by atoms with Gasteiger partial charge in [-0.1, -0.05) is 6.42 Å². The molecule has 5 heteroatoms. The van der Waals surface area contributed by atoms with E-state index in [9.17, 15) is 18.7 Å². The molecule has 1 aromatic carbocycles. The fraction of sp³-hybridized carbons (Fsp3) is 0.417. The molecule has 0 heterocycles. The van der Waals surface area contributed by atoms with E-state index in [0.717, 1.165) is 12.5 Å². The zero-order valence-electron chi connectivity index (χ0n) is 9.17. The van der Waals surface area contributed by atoms with Crippen LogP contribution in [0.5, 0.6) is 0 Å². The van der Waals surface area contributed by atoms with Crippen LogP contribution in [0.2, 0.25) is 0 Å². The van der Waals surface area contributed by atoms with Gasteiger partial charge < -0.3 is 10.4 Å². The molecule has 0 spiro atoms. The monoisotopic (exact) mass is 241 g/mol. The summed E-state index contributed by atoms with van der Waals surface area (Å²) in [5, 5.41) is 11.6. The number of aliphatic hydroxyl groups excluding tert-OH is 1. The van der Waals surface area contributed by atoms with Gasteiger partial charge in [-0.15, -0.1) is 0 Å². The van der Waals surface area contributed by atoms with Crippen LogP contribution in [0.25, 0.3) is 0 Å². The Bertz CT molecular complexity index is 439. The average Bonchev–Trinajstić information content (AvgIpc) is 2.21. The van der Waals surface area contributed by atoms with Gasteiger partial charge in [-0.25, -0.2) is 8.78 Å². The van der Waals surface area contributed by atoms with Crippen molar-refractivity contribution in [2.45, 2.75) is 19.3 Å². The highest BCUT2D eigenvalue weighted by Gasteiger charge is 2.43. The number of hydrogen-bond donors (Lipinski definition) is 2. The topological polar surface area (TPSA) is 49.3 Å². The highest BCUT2D eigenvalue weighted by molar-refractivity contribution is 5.96. The number of carbonyl (C=O) groups is 1. The maximum absolute atomic E-state index is 13.3. The number of rotatable bonds is 3. The molecule has 92 valence electrons. The number of halogens is 2. The highest BCUT2D eigenvalue weighted by atomic mass is 19.1. The first kappa shape index (κ1) is 12.0. The predicted molar refractivity (Wildman–Crippen MR) is 58.4 cm³/mol. The van der Waals surface area contributed by atoms with Crippen molar-refractivity contribution in [3.63, 3.8) is 0 Å². The molecule has 1 fully saturated rings.